The van der Waals surface area contributed by atoms with Crippen LogP contribution in [-0.2, 0) is 0 Å². The second-order valence-corrected chi connectivity index (χ2v) is 4.78. The van der Waals surface area contributed by atoms with E-state index in [0.29, 0.717) is 24.7 Å². The standard InChI is InChI=1S/C13H18N2O3/c1-9-8-15(6-5-14(9)2)13(18)10-3-4-11(16)12(17)7-10/h3-4,7,9,16-17H,5-6,8H2,1-2H3. The van der Waals surface area contributed by atoms with E-state index in [1.165, 1.54) is 18.2 Å². The molecule has 0 bridgehead atoms. The third-order valence-corrected chi connectivity index (χ3v) is 3.47. The molecule has 0 aliphatic carbocycles. The number of phenols is 2. The first kappa shape index (κ1) is 12.7. The molecule has 1 fully saturated rings. The molecule has 1 atom stereocenters. The van der Waals surface area contributed by atoms with E-state index in [1.54, 1.807) is 4.90 Å². The molecule has 1 amide bonds. The van der Waals surface area contributed by atoms with Crippen molar-refractivity contribution in [3.63, 3.8) is 0 Å². The van der Waals surface area contributed by atoms with Crippen LogP contribution < -0.4 is 0 Å². The second-order valence-electron chi connectivity index (χ2n) is 4.78. The number of piperazine rings is 1. The van der Waals surface area contributed by atoms with E-state index in [4.69, 9.17) is 0 Å². The zero-order chi connectivity index (χ0) is 13.3. The Morgan fingerprint density at radius 1 is 1.28 bits per heavy atom. The molecule has 2 rings (SSSR count). The number of phenolic OH excluding ortho intramolecular Hbond substituents is 2. The van der Waals surface area contributed by atoms with Crippen LogP contribution in [0.1, 0.15) is 17.3 Å². The van der Waals surface area contributed by atoms with Crippen molar-refractivity contribution >= 4 is 5.91 Å². The van der Waals surface area contributed by atoms with Crippen molar-refractivity contribution in [3.8, 4) is 11.5 Å². The van der Waals surface area contributed by atoms with Crippen LogP contribution in [0.15, 0.2) is 18.2 Å². The summed E-state index contributed by atoms with van der Waals surface area (Å²) >= 11 is 0. The smallest absolute Gasteiger partial charge is 0.254 e. The van der Waals surface area contributed by atoms with Gasteiger partial charge in [0.05, 0.1) is 0 Å². The largest absolute Gasteiger partial charge is 0.504 e. The molecule has 0 saturated carbocycles. The van der Waals surface area contributed by atoms with Crippen LogP contribution >= 0.6 is 0 Å². The highest BCUT2D eigenvalue weighted by Gasteiger charge is 2.25. The number of benzene rings is 1. The first-order chi connectivity index (χ1) is 8.49. The van der Waals surface area contributed by atoms with Gasteiger partial charge in [0.15, 0.2) is 11.5 Å². The number of hydrogen-bond donors (Lipinski definition) is 2. The summed E-state index contributed by atoms with van der Waals surface area (Å²) in [6.45, 7) is 4.28. The van der Waals surface area contributed by atoms with E-state index >= 15 is 0 Å². The second kappa shape index (κ2) is 4.86. The molecule has 1 aliphatic heterocycles. The highest BCUT2D eigenvalue weighted by Crippen LogP contribution is 2.25. The van der Waals surface area contributed by atoms with Crippen LogP contribution in [0.2, 0.25) is 0 Å². The van der Waals surface area contributed by atoms with E-state index in [-0.39, 0.29) is 17.4 Å². The minimum atomic E-state index is -0.261. The molecule has 1 aliphatic rings. The third-order valence-electron chi connectivity index (χ3n) is 3.47. The van der Waals surface area contributed by atoms with Gasteiger partial charge in [0, 0.05) is 31.2 Å². The van der Waals surface area contributed by atoms with Gasteiger partial charge in [0.2, 0.25) is 0 Å². The zero-order valence-corrected chi connectivity index (χ0v) is 10.6. The van der Waals surface area contributed by atoms with Gasteiger partial charge in [-0.2, -0.15) is 0 Å². The summed E-state index contributed by atoms with van der Waals surface area (Å²) in [7, 11) is 2.04. The molecule has 1 aromatic rings. The summed E-state index contributed by atoms with van der Waals surface area (Å²) in [5.74, 6) is -0.577. The Kier molecular flexibility index (Phi) is 3.43. The predicted octanol–water partition coefficient (Wildman–Crippen LogP) is 0.874. The van der Waals surface area contributed by atoms with Gasteiger partial charge < -0.3 is 20.0 Å². The van der Waals surface area contributed by atoms with E-state index in [2.05, 4.69) is 11.8 Å². The van der Waals surface area contributed by atoms with Crippen LogP contribution in [0.5, 0.6) is 11.5 Å². The van der Waals surface area contributed by atoms with E-state index in [0.717, 1.165) is 6.54 Å². The number of rotatable bonds is 1. The van der Waals surface area contributed by atoms with Crippen molar-refractivity contribution in [1.82, 2.24) is 9.80 Å². The zero-order valence-electron chi connectivity index (χ0n) is 10.6. The summed E-state index contributed by atoms with van der Waals surface area (Å²) in [5.41, 5.74) is 0.405. The van der Waals surface area contributed by atoms with Gasteiger partial charge in [-0.3, -0.25) is 4.79 Å². The minimum absolute atomic E-state index is 0.106. The Balaban J connectivity index is 2.14. The van der Waals surface area contributed by atoms with Crippen molar-refractivity contribution in [1.29, 1.82) is 0 Å². The first-order valence-corrected chi connectivity index (χ1v) is 6.00. The number of likely N-dealkylation sites (N-methyl/N-ethyl adjacent to an activating group) is 1. The predicted molar refractivity (Wildman–Crippen MR) is 67.8 cm³/mol. The first-order valence-electron chi connectivity index (χ1n) is 6.00. The molecule has 1 saturated heterocycles. The van der Waals surface area contributed by atoms with Crippen LogP contribution in [0.3, 0.4) is 0 Å². The highest BCUT2D eigenvalue weighted by molar-refractivity contribution is 5.95. The molecule has 1 heterocycles. The lowest BCUT2D eigenvalue weighted by molar-refractivity contribution is 0.0572. The number of nitrogens with zero attached hydrogens (tertiary/aromatic N) is 2. The number of amides is 1. The average molecular weight is 250 g/mol. The lowest BCUT2D eigenvalue weighted by Gasteiger charge is -2.37. The molecule has 5 nitrogen and oxygen atoms in total. The molecule has 0 aromatic heterocycles. The number of carbonyl (C=O) groups excluding carboxylic acids is 1. The van der Waals surface area contributed by atoms with Gasteiger partial charge >= 0.3 is 0 Å². The molecule has 1 unspecified atom stereocenters. The fraction of sp³-hybridized carbons (Fsp3) is 0.462. The third kappa shape index (κ3) is 2.41. The summed E-state index contributed by atoms with van der Waals surface area (Å²) in [6.07, 6.45) is 0. The van der Waals surface area contributed by atoms with Gasteiger partial charge in [0.25, 0.3) is 5.91 Å². The molecular formula is C13H18N2O3. The maximum Gasteiger partial charge on any atom is 0.254 e. The summed E-state index contributed by atoms with van der Waals surface area (Å²) in [4.78, 5) is 16.2. The fourth-order valence-corrected chi connectivity index (χ4v) is 2.07. The van der Waals surface area contributed by atoms with E-state index < -0.39 is 0 Å². The van der Waals surface area contributed by atoms with Crippen molar-refractivity contribution in [2.24, 2.45) is 0 Å². The van der Waals surface area contributed by atoms with Crippen LogP contribution in [0, 0.1) is 0 Å². The number of hydrogen-bond acceptors (Lipinski definition) is 4. The Labute approximate surface area is 106 Å². The quantitative estimate of drug-likeness (QED) is 0.726. The van der Waals surface area contributed by atoms with Gasteiger partial charge in [-0.1, -0.05) is 0 Å². The lowest BCUT2D eigenvalue weighted by Crippen LogP contribution is -2.52. The summed E-state index contributed by atoms with van der Waals surface area (Å²) in [5, 5.41) is 18.6. The van der Waals surface area contributed by atoms with Crippen LogP contribution in [-0.4, -0.2) is 58.6 Å². The highest BCUT2D eigenvalue weighted by atomic mass is 16.3. The molecule has 98 valence electrons. The monoisotopic (exact) mass is 250 g/mol. The van der Waals surface area contributed by atoms with Crippen molar-refractivity contribution in [3.05, 3.63) is 23.8 Å². The number of aromatic hydroxyl groups is 2. The van der Waals surface area contributed by atoms with Crippen molar-refractivity contribution in [2.75, 3.05) is 26.7 Å². The Hall–Kier alpha value is -1.75. The van der Waals surface area contributed by atoms with E-state index in [1.807, 2.05) is 7.05 Å². The topological polar surface area (TPSA) is 64.0 Å². The fourth-order valence-electron chi connectivity index (χ4n) is 2.07. The van der Waals surface area contributed by atoms with Crippen molar-refractivity contribution < 1.29 is 15.0 Å². The Morgan fingerprint density at radius 2 is 2.00 bits per heavy atom. The SMILES string of the molecule is CC1CN(C(=O)c2ccc(O)c(O)c2)CCN1C. The minimum Gasteiger partial charge on any atom is -0.504 e. The average Bonchev–Trinajstić information content (AvgIpc) is 2.35. The molecule has 18 heavy (non-hydrogen) atoms. The molecule has 1 aromatic carbocycles. The molecule has 0 spiro atoms. The van der Waals surface area contributed by atoms with Gasteiger partial charge in [0.1, 0.15) is 0 Å². The summed E-state index contributed by atoms with van der Waals surface area (Å²) < 4.78 is 0. The molecule has 2 N–H and O–H groups in total. The number of carbonyl (C=O) groups is 1. The Morgan fingerprint density at radius 3 is 2.61 bits per heavy atom. The normalized spacial score (nSPS) is 21.0. The maximum absolute atomic E-state index is 12.2. The van der Waals surface area contributed by atoms with Crippen LogP contribution in [0.25, 0.3) is 0 Å². The molecule has 0 radical (unpaired) electrons. The van der Waals surface area contributed by atoms with Gasteiger partial charge in [-0.25, -0.2) is 0 Å². The van der Waals surface area contributed by atoms with E-state index in [9.17, 15) is 15.0 Å². The van der Waals surface area contributed by atoms with Crippen molar-refractivity contribution in [2.45, 2.75) is 13.0 Å². The maximum atomic E-state index is 12.2. The van der Waals surface area contributed by atoms with Crippen LogP contribution in [0.4, 0.5) is 0 Å². The molecule has 5 heteroatoms. The Bertz CT molecular complexity index is 462. The van der Waals surface area contributed by atoms with Gasteiger partial charge in [-0.05, 0) is 32.2 Å². The molecular weight excluding hydrogens is 232 g/mol. The lowest BCUT2D eigenvalue weighted by atomic mass is 10.1. The summed E-state index contributed by atoms with van der Waals surface area (Å²) in [6, 6.07) is 4.50. The van der Waals surface area contributed by atoms with Gasteiger partial charge in [-0.15, -0.1) is 0 Å².